The van der Waals surface area contributed by atoms with Crippen molar-refractivity contribution in [2.24, 2.45) is 5.92 Å². The Hall–Kier alpha value is -2.86. The molecule has 0 aliphatic carbocycles. The van der Waals surface area contributed by atoms with Crippen LogP contribution in [0, 0.1) is 12.8 Å². The zero-order valence-electron chi connectivity index (χ0n) is 16.6. The van der Waals surface area contributed by atoms with Crippen LogP contribution in [0.4, 0.5) is 11.4 Å². The number of nitrogens with one attached hydrogen (secondary N) is 2. The lowest BCUT2D eigenvalue weighted by atomic mass is 10.1. The van der Waals surface area contributed by atoms with Gasteiger partial charge in [-0.3, -0.25) is 9.59 Å². The van der Waals surface area contributed by atoms with E-state index in [-0.39, 0.29) is 24.3 Å². The third kappa shape index (κ3) is 5.57. The summed E-state index contributed by atoms with van der Waals surface area (Å²) in [6.07, 6.45) is 0. The lowest BCUT2D eigenvalue weighted by Gasteiger charge is -2.13. The maximum atomic E-state index is 12.4. The number of benzene rings is 3. The van der Waals surface area contributed by atoms with E-state index in [9.17, 15) is 9.59 Å². The highest BCUT2D eigenvalue weighted by molar-refractivity contribution is 9.10. The van der Waals surface area contributed by atoms with Crippen LogP contribution in [0.25, 0.3) is 10.8 Å². The monoisotopic (exact) mass is 454 g/mol. The van der Waals surface area contributed by atoms with Crippen LogP contribution in [0.1, 0.15) is 19.4 Å². The summed E-state index contributed by atoms with van der Waals surface area (Å²) >= 11 is 3.46. The molecule has 0 aliphatic rings. The molecule has 0 saturated heterocycles. The van der Waals surface area contributed by atoms with E-state index >= 15 is 0 Å². The molecular formula is C23H23BrN2O3. The molecule has 0 heterocycles. The molecule has 3 rings (SSSR count). The van der Waals surface area contributed by atoms with Crippen molar-refractivity contribution in [3.8, 4) is 5.75 Å². The number of fused-ring (bicyclic) bond motifs is 1. The highest BCUT2D eigenvalue weighted by atomic mass is 79.9. The van der Waals surface area contributed by atoms with E-state index in [0.29, 0.717) is 17.1 Å². The molecule has 0 radical (unpaired) electrons. The first-order valence-corrected chi connectivity index (χ1v) is 10.1. The van der Waals surface area contributed by atoms with E-state index in [1.165, 1.54) is 0 Å². The molecule has 0 unspecified atom stereocenters. The number of carbonyl (C=O) groups excluding carboxylic acids is 2. The minimum absolute atomic E-state index is 0.0715. The first-order chi connectivity index (χ1) is 13.8. The van der Waals surface area contributed by atoms with E-state index in [4.69, 9.17) is 4.74 Å². The molecule has 29 heavy (non-hydrogen) atoms. The van der Waals surface area contributed by atoms with Crippen LogP contribution in [-0.2, 0) is 9.59 Å². The average Bonchev–Trinajstić information content (AvgIpc) is 2.68. The van der Waals surface area contributed by atoms with Crippen LogP contribution in [-0.4, -0.2) is 18.4 Å². The average molecular weight is 455 g/mol. The number of aryl methyl sites for hydroxylation is 1. The Morgan fingerprint density at radius 2 is 1.69 bits per heavy atom. The molecule has 0 aromatic heterocycles. The second kappa shape index (κ2) is 9.09. The Kier molecular flexibility index (Phi) is 6.54. The molecule has 0 fully saturated rings. The third-order valence-electron chi connectivity index (χ3n) is 4.45. The van der Waals surface area contributed by atoms with E-state index in [1.54, 1.807) is 6.07 Å². The summed E-state index contributed by atoms with van der Waals surface area (Å²) in [5.74, 6) is 0.171. The quantitative estimate of drug-likeness (QED) is 0.514. The molecule has 0 atom stereocenters. The summed E-state index contributed by atoms with van der Waals surface area (Å²) in [5.41, 5.74) is 2.19. The minimum atomic E-state index is -0.267. The number of hydrogen-bond donors (Lipinski definition) is 2. The SMILES string of the molecule is Cc1ccc(NC(=O)C(C)C)cc1NC(=O)COc1ccc2cc(Br)ccc2c1. The normalized spacial score (nSPS) is 10.8. The fourth-order valence-corrected chi connectivity index (χ4v) is 3.12. The van der Waals surface area contributed by atoms with Crippen molar-refractivity contribution in [1.82, 2.24) is 0 Å². The van der Waals surface area contributed by atoms with Crippen molar-refractivity contribution in [3.63, 3.8) is 0 Å². The summed E-state index contributed by atoms with van der Waals surface area (Å²) in [7, 11) is 0. The van der Waals surface area contributed by atoms with Crippen molar-refractivity contribution < 1.29 is 14.3 Å². The molecular weight excluding hydrogens is 432 g/mol. The van der Waals surface area contributed by atoms with Gasteiger partial charge in [-0.25, -0.2) is 0 Å². The number of anilines is 2. The van der Waals surface area contributed by atoms with Crippen LogP contribution in [0.2, 0.25) is 0 Å². The van der Waals surface area contributed by atoms with Crippen LogP contribution in [0.3, 0.4) is 0 Å². The van der Waals surface area contributed by atoms with E-state index in [1.807, 2.05) is 69.3 Å². The summed E-state index contributed by atoms with van der Waals surface area (Å²) in [6, 6.07) is 17.1. The second-order valence-corrected chi connectivity index (χ2v) is 8.08. The summed E-state index contributed by atoms with van der Waals surface area (Å²) in [5, 5.41) is 7.81. The molecule has 2 amide bonds. The van der Waals surface area contributed by atoms with Crippen molar-refractivity contribution in [2.45, 2.75) is 20.8 Å². The smallest absolute Gasteiger partial charge is 0.262 e. The predicted molar refractivity (Wildman–Crippen MR) is 120 cm³/mol. The Morgan fingerprint density at radius 3 is 2.45 bits per heavy atom. The van der Waals surface area contributed by atoms with Crippen molar-refractivity contribution in [1.29, 1.82) is 0 Å². The first-order valence-electron chi connectivity index (χ1n) is 9.35. The van der Waals surface area contributed by atoms with Gasteiger partial charge in [-0.2, -0.15) is 0 Å². The number of amides is 2. The maximum absolute atomic E-state index is 12.4. The Balaban J connectivity index is 1.63. The van der Waals surface area contributed by atoms with E-state index in [2.05, 4.69) is 26.6 Å². The number of hydrogen-bond acceptors (Lipinski definition) is 3. The lowest BCUT2D eigenvalue weighted by Crippen LogP contribution is -2.21. The number of carbonyl (C=O) groups is 2. The summed E-state index contributed by atoms with van der Waals surface area (Å²) in [6.45, 7) is 5.44. The van der Waals surface area contributed by atoms with Gasteiger partial charge in [-0.1, -0.05) is 48.0 Å². The van der Waals surface area contributed by atoms with Crippen LogP contribution < -0.4 is 15.4 Å². The van der Waals surface area contributed by atoms with Crippen molar-refractivity contribution in [3.05, 3.63) is 64.6 Å². The zero-order chi connectivity index (χ0) is 21.0. The molecule has 2 N–H and O–H groups in total. The molecule has 150 valence electrons. The lowest BCUT2D eigenvalue weighted by molar-refractivity contribution is -0.119. The number of rotatable bonds is 6. The van der Waals surface area contributed by atoms with Gasteiger partial charge in [0.2, 0.25) is 5.91 Å². The Morgan fingerprint density at radius 1 is 0.966 bits per heavy atom. The molecule has 3 aromatic carbocycles. The zero-order valence-corrected chi connectivity index (χ0v) is 18.2. The summed E-state index contributed by atoms with van der Waals surface area (Å²) < 4.78 is 6.67. The van der Waals surface area contributed by atoms with Crippen LogP contribution in [0.15, 0.2) is 59.1 Å². The minimum Gasteiger partial charge on any atom is -0.484 e. The van der Waals surface area contributed by atoms with Gasteiger partial charge in [0.05, 0.1) is 0 Å². The van der Waals surface area contributed by atoms with Gasteiger partial charge in [0.25, 0.3) is 5.91 Å². The van der Waals surface area contributed by atoms with Crippen LogP contribution in [0.5, 0.6) is 5.75 Å². The van der Waals surface area contributed by atoms with Gasteiger partial charge in [-0.05, 0) is 59.7 Å². The molecule has 0 bridgehead atoms. The fourth-order valence-electron chi connectivity index (χ4n) is 2.74. The van der Waals surface area contributed by atoms with E-state index < -0.39 is 0 Å². The predicted octanol–water partition coefficient (Wildman–Crippen LogP) is 5.52. The largest absolute Gasteiger partial charge is 0.484 e. The highest BCUT2D eigenvalue weighted by Gasteiger charge is 2.10. The summed E-state index contributed by atoms with van der Waals surface area (Å²) in [4.78, 5) is 24.2. The van der Waals surface area contributed by atoms with Crippen molar-refractivity contribution in [2.75, 3.05) is 17.2 Å². The molecule has 0 aliphatic heterocycles. The number of halogens is 1. The van der Waals surface area contributed by atoms with Gasteiger partial charge in [0.15, 0.2) is 6.61 Å². The molecule has 0 spiro atoms. The van der Waals surface area contributed by atoms with Gasteiger partial charge in [-0.15, -0.1) is 0 Å². The number of ether oxygens (including phenoxy) is 1. The molecule has 6 heteroatoms. The Labute approximate surface area is 178 Å². The maximum Gasteiger partial charge on any atom is 0.262 e. The first kappa shape index (κ1) is 20.9. The van der Waals surface area contributed by atoms with Crippen LogP contribution >= 0.6 is 15.9 Å². The molecule has 3 aromatic rings. The van der Waals surface area contributed by atoms with Crippen molar-refractivity contribution >= 4 is 49.9 Å². The van der Waals surface area contributed by atoms with Gasteiger partial charge < -0.3 is 15.4 Å². The van der Waals surface area contributed by atoms with Gasteiger partial charge in [0.1, 0.15) is 5.75 Å². The topological polar surface area (TPSA) is 67.4 Å². The fraction of sp³-hybridized carbons (Fsp3) is 0.217. The molecule has 0 saturated carbocycles. The third-order valence-corrected chi connectivity index (χ3v) is 4.94. The second-order valence-electron chi connectivity index (χ2n) is 7.16. The Bertz CT molecular complexity index is 1060. The standard InChI is InChI=1S/C23H23BrN2O3/c1-14(2)23(28)25-19-8-4-15(3)21(12-19)26-22(27)13-29-20-9-6-16-10-18(24)7-5-17(16)11-20/h4-12,14H,13H2,1-3H3,(H,25,28)(H,26,27). The molecule has 5 nitrogen and oxygen atoms in total. The van der Waals surface area contributed by atoms with Gasteiger partial charge >= 0.3 is 0 Å². The highest BCUT2D eigenvalue weighted by Crippen LogP contribution is 2.24. The van der Waals surface area contributed by atoms with E-state index in [0.717, 1.165) is 20.8 Å². The van der Waals surface area contributed by atoms with Gasteiger partial charge in [0, 0.05) is 21.8 Å².